The van der Waals surface area contributed by atoms with E-state index in [0.29, 0.717) is 17.9 Å². The Morgan fingerprint density at radius 3 is 2.62 bits per heavy atom. The van der Waals surface area contributed by atoms with E-state index in [9.17, 15) is 4.79 Å². The number of carbonyl (C=O) groups is 1. The van der Waals surface area contributed by atoms with Gasteiger partial charge in [-0.25, -0.2) is 4.79 Å². The van der Waals surface area contributed by atoms with Crippen LogP contribution in [0.1, 0.15) is 17.3 Å². The minimum atomic E-state index is -0.328. The van der Waals surface area contributed by atoms with Crippen LogP contribution in [0.4, 0.5) is 5.69 Å². The maximum atomic E-state index is 11.7. The first-order chi connectivity index (χ1) is 7.74. The zero-order valence-electron chi connectivity index (χ0n) is 9.07. The molecule has 16 heavy (non-hydrogen) atoms. The molecule has 0 spiro atoms. The van der Waals surface area contributed by atoms with Crippen LogP contribution in [0.2, 0.25) is 0 Å². The Balaban J connectivity index is 2.65. The Hall–Kier alpha value is -2.03. The van der Waals surface area contributed by atoms with E-state index in [2.05, 4.69) is 0 Å². The van der Waals surface area contributed by atoms with Crippen LogP contribution < -0.4 is 5.73 Å². The molecule has 2 rings (SSSR count). The Morgan fingerprint density at radius 2 is 1.94 bits per heavy atom. The van der Waals surface area contributed by atoms with E-state index < -0.39 is 0 Å². The van der Waals surface area contributed by atoms with Crippen LogP contribution >= 0.6 is 0 Å². The van der Waals surface area contributed by atoms with Crippen LogP contribution in [0.25, 0.3) is 10.8 Å². The van der Waals surface area contributed by atoms with E-state index in [1.807, 2.05) is 24.3 Å². The highest BCUT2D eigenvalue weighted by Crippen LogP contribution is 2.25. The summed E-state index contributed by atoms with van der Waals surface area (Å²) in [6.45, 7) is 2.15. The van der Waals surface area contributed by atoms with Gasteiger partial charge < -0.3 is 10.5 Å². The number of fused-ring (bicyclic) bond motifs is 1. The highest BCUT2D eigenvalue weighted by Gasteiger charge is 2.12. The van der Waals surface area contributed by atoms with E-state index in [1.165, 1.54) is 0 Å². The normalized spacial score (nSPS) is 10.3. The predicted octanol–water partition coefficient (Wildman–Crippen LogP) is 2.60. The van der Waals surface area contributed by atoms with Crippen molar-refractivity contribution in [3.05, 3.63) is 42.0 Å². The highest BCUT2D eigenvalue weighted by molar-refractivity contribution is 6.09. The van der Waals surface area contributed by atoms with E-state index >= 15 is 0 Å². The largest absolute Gasteiger partial charge is 0.462 e. The molecule has 2 aromatic rings. The van der Waals surface area contributed by atoms with Crippen molar-refractivity contribution in [1.29, 1.82) is 0 Å². The number of rotatable bonds is 2. The molecular formula is C13H13NO2. The summed E-state index contributed by atoms with van der Waals surface area (Å²) in [6, 6.07) is 11.1. The van der Waals surface area contributed by atoms with Gasteiger partial charge in [-0.05, 0) is 24.4 Å². The van der Waals surface area contributed by atoms with Crippen molar-refractivity contribution in [3.63, 3.8) is 0 Å². The summed E-state index contributed by atoms with van der Waals surface area (Å²) in [5.74, 6) is -0.328. The molecule has 0 saturated carbocycles. The lowest BCUT2D eigenvalue weighted by molar-refractivity contribution is 0.0528. The monoisotopic (exact) mass is 215 g/mol. The fraction of sp³-hybridized carbons (Fsp3) is 0.154. The first-order valence-corrected chi connectivity index (χ1v) is 5.18. The van der Waals surface area contributed by atoms with Crippen LogP contribution in [0.15, 0.2) is 36.4 Å². The number of benzene rings is 2. The van der Waals surface area contributed by atoms with E-state index in [-0.39, 0.29) is 5.97 Å². The summed E-state index contributed by atoms with van der Waals surface area (Å²) >= 11 is 0. The zero-order chi connectivity index (χ0) is 11.5. The third-order valence-electron chi connectivity index (χ3n) is 2.43. The molecular weight excluding hydrogens is 202 g/mol. The Labute approximate surface area is 93.8 Å². The molecule has 2 aromatic carbocycles. The maximum Gasteiger partial charge on any atom is 0.338 e. The molecule has 0 unspecified atom stereocenters. The Morgan fingerprint density at radius 1 is 1.25 bits per heavy atom. The van der Waals surface area contributed by atoms with Crippen molar-refractivity contribution in [2.45, 2.75) is 6.92 Å². The number of nitrogen functional groups attached to an aromatic ring is 1. The molecule has 2 N–H and O–H groups in total. The minimum absolute atomic E-state index is 0.328. The molecule has 0 aromatic heterocycles. The summed E-state index contributed by atoms with van der Waals surface area (Å²) in [7, 11) is 0. The smallest absolute Gasteiger partial charge is 0.338 e. The summed E-state index contributed by atoms with van der Waals surface area (Å²) in [5, 5.41) is 1.72. The lowest BCUT2D eigenvalue weighted by Crippen LogP contribution is -2.06. The van der Waals surface area contributed by atoms with Gasteiger partial charge in [-0.2, -0.15) is 0 Å². The van der Waals surface area contributed by atoms with Crippen molar-refractivity contribution < 1.29 is 9.53 Å². The van der Waals surface area contributed by atoms with Crippen molar-refractivity contribution in [3.8, 4) is 0 Å². The molecule has 0 aliphatic rings. The van der Waals surface area contributed by atoms with Gasteiger partial charge in [0.25, 0.3) is 0 Å². The number of hydrogen-bond donors (Lipinski definition) is 1. The maximum absolute atomic E-state index is 11.7. The van der Waals surface area contributed by atoms with Gasteiger partial charge in [0, 0.05) is 11.1 Å². The number of carbonyl (C=O) groups excluding carboxylic acids is 1. The first-order valence-electron chi connectivity index (χ1n) is 5.18. The average molecular weight is 215 g/mol. The molecule has 0 amide bonds. The molecule has 0 heterocycles. The number of esters is 1. The quantitative estimate of drug-likeness (QED) is 0.618. The van der Waals surface area contributed by atoms with Gasteiger partial charge in [0.05, 0.1) is 12.2 Å². The second-order valence-corrected chi connectivity index (χ2v) is 3.47. The zero-order valence-corrected chi connectivity index (χ0v) is 9.07. The highest BCUT2D eigenvalue weighted by atomic mass is 16.5. The number of nitrogens with two attached hydrogens (primary N) is 1. The van der Waals surface area contributed by atoms with Gasteiger partial charge in [0.2, 0.25) is 0 Å². The second kappa shape index (κ2) is 4.23. The Bertz CT molecular complexity index is 529. The summed E-state index contributed by atoms with van der Waals surface area (Å²) in [6.07, 6.45) is 0. The van der Waals surface area contributed by atoms with E-state index in [0.717, 1.165) is 10.8 Å². The van der Waals surface area contributed by atoms with Crippen LogP contribution in [-0.4, -0.2) is 12.6 Å². The molecule has 0 atom stereocenters. The molecule has 82 valence electrons. The molecule has 0 aliphatic heterocycles. The second-order valence-electron chi connectivity index (χ2n) is 3.47. The molecule has 0 radical (unpaired) electrons. The third-order valence-corrected chi connectivity index (χ3v) is 2.43. The average Bonchev–Trinajstić information content (AvgIpc) is 2.29. The van der Waals surface area contributed by atoms with Crippen LogP contribution in [0, 0.1) is 0 Å². The SMILES string of the molecule is CCOC(=O)c1cccc2cccc(N)c12. The van der Waals surface area contributed by atoms with E-state index in [4.69, 9.17) is 10.5 Å². The van der Waals surface area contributed by atoms with Gasteiger partial charge in [0.1, 0.15) is 0 Å². The fourth-order valence-corrected chi connectivity index (χ4v) is 1.75. The minimum Gasteiger partial charge on any atom is -0.462 e. The van der Waals surface area contributed by atoms with Gasteiger partial charge in [-0.1, -0.05) is 24.3 Å². The Kier molecular flexibility index (Phi) is 2.77. The summed E-state index contributed by atoms with van der Waals surface area (Å²) in [4.78, 5) is 11.7. The molecule has 0 saturated heterocycles. The third kappa shape index (κ3) is 1.72. The molecule has 0 aliphatic carbocycles. The summed E-state index contributed by atoms with van der Waals surface area (Å²) < 4.78 is 5.00. The van der Waals surface area contributed by atoms with Gasteiger partial charge in [0.15, 0.2) is 0 Å². The molecule has 3 nitrogen and oxygen atoms in total. The van der Waals surface area contributed by atoms with Crippen molar-refractivity contribution in [2.24, 2.45) is 0 Å². The van der Waals surface area contributed by atoms with E-state index in [1.54, 1.807) is 19.1 Å². The standard InChI is InChI=1S/C13H13NO2/c1-2-16-13(15)10-7-3-5-9-6-4-8-11(14)12(9)10/h3-8H,2,14H2,1H3. The lowest BCUT2D eigenvalue weighted by atomic mass is 10.0. The van der Waals surface area contributed by atoms with Crippen LogP contribution in [0.3, 0.4) is 0 Å². The lowest BCUT2D eigenvalue weighted by Gasteiger charge is -2.07. The van der Waals surface area contributed by atoms with Crippen molar-refractivity contribution in [2.75, 3.05) is 12.3 Å². The van der Waals surface area contributed by atoms with Gasteiger partial charge >= 0.3 is 5.97 Å². The molecule has 3 heteroatoms. The number of ether oxygens (including phenoxy) is 1. The van der Waals surface area contributed by atoms with Crippen molar-refractivity contribution >= 4 is 22.4 Å². The number of hydrogen-bond acceptors (Lipinski definition) is 3. The van der Waals surface area contributed by atoms with Crippen molar-refractivity contribution in [1.82, 2.24) is 0 Å². The van der Waals surface area contributed by atoms with Gasteiger partial charge in [-0.3, -0.25) is 0 Å². The van der Waals surface area contributed by atoms with Crippen LogP contribution in [-0.2, 0) is 4.74 Å². The molecule has 0 bridgehead atoms. The fourth-order valence-electron chi connectivity index (χ4n) is 1.75. The van der Waals surface area contributed by atoms with Crippen LogP contribution in [0.5, 0.6) is 0 Å². The number of anilines is 1. The predicted molar refractivity (Wildman–Crippen MR) is 64.3 cm³/mol. The van der Waals surface area contributed by atoms with Gasteiger partial charge in [-0.15, -0.1) is 0 Å². The topological polar surface area (TPSA) is 52.3 Å². The summed E-state index contributed by atoms with van der Waals surface area (Å²) in [5.41, 5.74) is 7.01. The first kappa shape index (κ1) is 10.5. The molecule has 0 fully saturated rings.